The van der Waals surface area contributed by atoms with Crippen LogP contribution in [-0.2, 0) is 9.59 Å². The molecule has 10 nitrogen and oxygen atoms in total. The average molecular weight is 333 g/mol. The molecule has 0 spiro atoms. The normalized spacial score (nSPS) is 14.7. The van der Waals surface area contributed by atoms with Crippen LogP contribution in [0.1, 0.15) is 0 Å². The molecule has 1 aliphatic heterocycles. The topological polar surface area (TPSA) is 164 Å². The van der Waals surface area contributed by atoms with Crippen molar-refractivity contribution in [2.45, 2.75) is 0 Å². The van der Waals surface area contributed by atoms with Gasteiger partial charge in [0.15, 0.2) is 5.70 Å². The van der Waals surface area contributed by atoms with Gasteiger partial charge in [0.2, 0.25) is 5.91 Å². The van der Waals surface area contributed by atoms with Crippen LogP contribution in [0.5, 0.6) is 0 Å². The summed E-state index contributed by atoms with van der Waals surface area (Å²) in [7, 11) is 0. The molecule has 0 aromatic carbocycles. The van der Waals surface area contributed by atoms with Crippen molar-refractivity contribution in [3.8, 4) is 0 Å². The molecule has 0 saturated heterocycles. The lowest BCUT2D eigenvalue weighted by molar-refractivity contribution is -0.120. The van der Waals surface area contributed by atoms with Gasteiger partial charge in [0.05, 0.1) is 13.1 Å². The highest BCUT2D eigenvalue weighted by atomic mass is 35.5. The molecule has 0 aromatic heterocycles. The Morgan fingerprint density at radius 3 is 2.68 bits per heavy atom. The molecule has 0 aromatic rings. The average Bonchev–Trinajstić information content (AvgIpc) is 2.48. The van der Waals surface area contributed by atoms with E-state index in [9.17, 15) is 9.59 Å². The molecule has 11 heteroatoms. The van der Waals surface area contributed by atoms with Crippen LogP contribution in [0.2, 0.25) is 0 Å². The van der Waals surface area contributed by atoms with Gasteiger partial charge in [-0.3, -0.25) is 14.6 Å². The van der Waals surface area contributed by atoms with Gasteiger partial charge in [0, 0.05) is 26.2 Å². The van der Waals surface area contributed by atoms with Gasteiger partial charge in [-0.05, 0) is 0 Å². The first-order valence-corrected chi connectivity index (χ1v) is 7.04. The minimum absolute atomic E-state index is 0.0283. The van der Waals surface area contributed by atoms with Crippen molar-refractivity contribution >= 4 is 28.6 Å². The third-order valence-electron chi connectivity index (χ3n) is 2.64. The zero-order valence-electron chi connectivity index (χ0n) is 12.1. The molecule has 0 bridgehead atoms. The molecule has 0 saturated carbocycles. The standard InChI is InChI=1S/C11H21ClN8O2/c12-7-6-20(15)10(14)9(19-7)11(22)18-4-3-16-5-8(21)17-2-1-13/h16H,1-6,13-15H2,(H,17,21)(H,18,22). The van der Waals surface area contributed by atoms with Gasteiger partial charge in [0.25, 0.3) is 5.91 Å². The molecule has 0 fully saturated rings. The molecule has 22 heavy (non-hydrogen) atoms. The van der Waals surface area contributed by atoms with E-state index >= 15 is 0 Å². The van der Waals surface area contributed by atoms with Gasteiger partial charge in [-0.2, -0.15) is 0 Å². The number of nitrogens with one attached hydrogen (secondary N) is 3. The lowest BCUT2D eigenvalue weighted by atomic mass is 10.3. The maximum absolute atomic E-state index is 11.9. The van der Waals surface area contributed by atoms with E-state index in [1.165, 1.54) is 0 Å². The summed E-state index contributed by atoms with van der Waals surface area (Å²) >= 11 is 5.77. The summed E-state index contributed by atoms with van der Waals surface area (Å²) in [4.78, 5) is 27.1. The van der Waals surface area contributed by atoms with E-state index in [-0.39, 0.29) is 42.2 Å². The second kappa shape index (κ2) is 9.20. The molecule has 1 heterocycles. The van der Waals surface area contributed by atoms with Crippen molar-refractivity contribution in [2.24, 2.45) is 22.3 Å². The molecule has 0 unspecified atom stereocenters. The fourth-order valence-corrected chi connectivity index (χ4v) is 1.78. The zero-order chi connectivity index (χ0) is 16.5. The highest BCUT2D eigenvalue weighted by Gasteiger charge is 2.21. The third kappa shape index (κ3) is 5.85. The SMILES string of the molecule is NCCNC(=O)CNCCNC(=O)C1=C(N)N(N)CC(Cl)=N1. The van der Waals surface area contributed by atoms with Gasteiger partial charge in [-0.1, -0.05) is 11.6 Å². The second-order valence-corrected chi connectivity index (χ2v) is 4.86. The quantitative estimate of drug-likeness (QED) is 0.200. The summed E-state index contributed by atoms with van der Waals surface area (Å²) in [5.41, 5.74) is 10.9. The van der Waals surface area contributed by atoms with Crippen LogP contribution >= 0.6 is 11.6 Å². The number of nitrogens with zero attached hydrogens (tertiary/aromatic N) is 2. The number of hydrazine groups is 1. The Morgan fingerprint density at radius 2 is 2.00 bits per heavy atom. The van der Waals surface area contributed by atoms with Crippen molar-refractivity contribution in [2.75, 3.05) is 39.3 Å². The first-order valence-electron chi connectivity index (χ1n) is 6.66. The molecular formula is C11H21ClN8O2. The number of halogens is 1. The lowest BCUT2D eigenvalue weighted by Crippen LogP contribution is -2.44. The first-order chi connectivity index (χ1) is 10.5. The van der Waals surface area contributed by atoms with E-state index < -0.39 is 5.91 Å². The number of nitrogens with two attached hydrogens (primary N) is 3. The Morgan fingerprint density at radius 1 is 1.27 bits per heavy atom. The van der Waals surface area contributed by atoms with E-state index in [1.54, 1.807) is 0 Å². The van der Waals surface area contributed by atoms with Crippen molar-refractivity contribution < 1.29 is 9.59 Å². The summed E-state index contributed by atoms with van der Waals surface area (Å²) in [6, 6.07) is 0. The van der Waals surface area contributed by atoms with Crippen molar-refractivity contribution in [3.05, 3.63) is 11.5 Å². The Labute approximate surface area is 133 Å². The number of carbonyl (C=O) groups is 2. The summed E-state index contributed by atoms with van der Waals surface area (Å²) in [6.07, 6.45) is 0. The minimum atomic E-state index is -0.486. The van der Waals surface area contributed by atoms with E-state index in [0.717, 1.165) is 5.01 Å². The van der Waals surface area contributed by atoms with E-state index in [0.29, 0.717) is 19.6 Å². The van der Waals surface area contributed by atoms with Crippen molar-refractivity contribution in [3.63, 3.8) is 0 Å². The monoisotopic (exact) mass is 332 g/mol. The molecule has 1 rings (SSSR count). The van der Waals surface area contributed by atoms with Gasteiger partial charge < -0.3 is 27.4 Å². The molecule has 0 aliphatic carbocycles. The van der Waals surface area contributed by atoms with Crippen LogP contribution in [0, 0.1) is 0 Å². The Hall–Kier alpha value is -1.88. The van der Waals surface area contributed by atoms with Gasteiger partial charge in [-0.25, -0.2) is 10.8 Å². The second-order valence-electron chi connectivity index (χ2n) is 4.42. The fourth-order valence-electron chi connectivity index (χ4n) is 1.57. The molecular weight excluding hydrogens is 312 g/mol. The van der Waals surface area contributed by atoms with Gasteiger partial charge in [-0.15, -0.1) is 0 Å². The molecule has 1 aliphatic rings. The molecule has 2 amide bonds. The highest BCUT2D eigenvalue weighted by molar-refractivity contribution is 6.66. The number of hydrogen-bond donors (Lipinski definition) is 6. The Kier molecular flexibility index (Phi) is 7.60. The molecule has 0 radical (unpaired) electrons. The smallest absolute Gasteiger partial charge is 0.273 e. The largest absolute Gasteiger partial charge is 0.382 e. The number of amides is 2. The lowest BCUT2D eigenvalue weighted by Gasteiger charge is -2.23. The number of rotatable bonds is 8. The minimum Gasteiger partial charge on any atom is -0.382 e. The predicted molar refractivity (Wildman–Crippen MR) is 83.3 cm³/mol. The van der Waals surface area contributed by atoms with E-state index in [4.69, 9.17) is 28.9 Å². The summed E-state index contributed by atoms with van der Waals surface area (Å²) < 4.78 is 0. The maximum atomic E-state index is 11.9. The van der Waals surface area contributed by atoms with E-state index in [2.05, 4.69) is 20.9 Å². The Balaban J connectivity index is 2.29. The van der Waals surface area contributed by atoms with Crippen molar-refractivity contribution in [1.82, 2.24) is 21.0 Å². The van der Waals surface area contributed by atoms with Gasteiger partial charge in [0.1, 0.15) is 11.0 Å². The molecule has 9 N–H and O–H groups in total. The van der Waals surface area contributed by atoms with Crippen LogP contribution in [0.4, 0.5) is 0 Å². The van der Waals surface area contributed by atoms with Gasteiger partial charge >= 0.3 is 0 Å². The highest BCUT2D eigenvalue weighted by Crippen LogP contribution is 2.11. The summed E-state index contributed by atoms with van der Waals surface area (Å²) in [6.45, 7) is 1.81. The van der Waals surface area contributed by atoms with Crippen LogP contribution < -0.4 is 33.3 Å². The third-order valence-corrected chi connectivity index (χ3v) is 2.84. The number of carbonyl (C=O) groups excluding carboxylic acids is 2. The molecule has 124 valence electrons. The van der Waals surface area contributed by atoms with E-state index in [1.807, 2.05) is 0 Å². The Bertz CT molecular complexity index is 479. The maximum Gasteiger partial charge on any atom is 0.273 e. The fraction of sp³-hybridized carbons (Fsp3) is 0.545. The first kappa shape index (κ1) is 18.2. The van der Waals surface area contributed by atoms with Crippen LogP contribution in [0.25, 0.3) is 0 Å². The summed E-state index contributed by atoms with van der Waals surface area (Å²) in [5.74, 6) is 4.99. The van der Waals surface area contributed by atoms with Crippen molar-refractivity contribution in [1.29, 1.82) is 0 Å². The van der Waals surface area contributed by atoms with Crippen LogP contribution in [0.3, 0.4) is 0 Å². The predicted octanol–water partition coefficient (Wildman–Crippen LogP) is -3.28. The summed E-state index contributed by atoms with van der Waals surface area (Å²) in [5, 5.41) is 9.40. The zero-order valence-corrected chi connectivity index (χ0v) is 12.8. The molecule has 0 atom stereocenters. The van der Waals surface area contributed by atoms with Crippen LogP contribution in [-0.4, -0.2) is 61.3 Å². The number of aliphatic imine (C=N–C) groups is 1. The van der Waals surface area contributed by atoms with Crippen LogP contribution in [0.15, 0.2) is 16.5 Å². The number of hydrogen-bond acceptors (Lipinski definition) is 8.